The molecule has 1 aliphatic rings. The van der Waals surface area contributed by atoms with E-state index in [4.69, 9.17) is 0 Å². The average molecular weight is 304 g/mol. The van der Waals surface area contributed by atoms with E-state index in [9.17, 15) is 0 Å². The molecule has 3 nitrogen and oxygen atoms in total. The van der Waals surface area contributed by atoms with Crippen LogP contribution in [-0.4, -0.2) is 61.2 Å². The highest BCUT2D eigenvalue weighted by molar-refractivity contribution is 4.73. The van der Waals surface area contributed by atoms with Crippen LogP contribution in [0.3, 0.4) is 0 Å². The fourth-order valence-corrected chi connectivity index (χ4v) is 2.32. The molecule has 0 aliphatic carbocycles. The van der Waals surface area contributed by atoms with Crippen LogP contribution in [0.2, 0.25) is 0 Å². The monoisotopic (exact) mass is 303 g/mol. The zero-order valence-electron chi connectivity index (χ0n) is 16.3. The summed E-state index contributed by atoms with van der Waals surface area (Å²) in [4.78, 5) is 5.19. The van der Waals surface area contributed by atoms with E-state index in [0.29, 0.717) is 0 Å². The fraction of sp³-hybridized carbons (Fsp3) is 1.00. The summed E-state index contributed by atoms with van der Waals surface area (Å²) >= 11 is 0. The summed E-state index contributed by atoms with van der Waals surface area (Å²) < 4.78 is 0. The second kappa shape index (κ2) is 14.8. The summed E-state index contributed by atoms with van der Waals surface area (Å²) in [5, 5.41) is 3.55. The first kappa shape index (κ1) is 23.2. The second-order valence-corrected chi connectivity index (χ2v) is 6.21. The number of piperazine rings is 1. The number of nitrogens with zero attached hydrogens (tertiary/aromatic N) is 2. The Hall–Kier alpha value is -0.120. The van der Waals surface area contributed by atoms with E-state index in [0.717, 1.165) is 6.54 Å². The topological polar surface area (TPSA) is 18.5 Å². The van der Waals surface area contributed by atoms with Crippen LogP contribution < -0.4 is 5.32 Å². The standard InChI is InChI=1S/C14H31N3.2C2H6.H2/c1-5-8-16-10-12-17(13-11-16)9-6-7-15-14(2,3)4;2*1-2;/h15H,5-13H2,1-4H3;2*1-2H3;1H. The van der Waals surface area contributed by atoms with Crippen LogP contribution >= 0.6 is 0 Å². The number of hydrogen-bond donors (Lipinski definition) is 1. The molecule has 0 aromatic rings. The van der Waals surface area contributed by atoms with Crippen molar-refractivity contribution in [2.75, 3.05) is 45.8 Å². The van der Waals surface area contributed by atoms with Crippen molar-refractivity contribution >= 4 is 0 Å². The van der Waals surface area contributed by atoms with E-state index in [-0.39, 0.29) is 6.97 Å². The molecule has 0 saturated carbocycles. The van der Waals surface area contributed by atoms with Crippen LogP contribution in [0.15, 0.2) is 0 Å². The lowest BCUT2D eigenvalue weighted by Crippen LogP contribution is -2.47. The van der Waals surface area contributed by atoms with Gasteiger partial charge in [0.15, 0.2) is 0 Å². The molecular formula is C18H45N3. The summed E-state index contributed by atoms with van der Waals surface area (Å²) in [5.74, 6) is 0. The van der Waals surface area contributed by atoms with Crippen molar-refractivity contribution in [2.45, 2.75) is 73.8 Å². The zero-order valence-corrected chi connectivity index (χ0v) is 16.3. The first-order chi connectivity index (χ1) is 10.0. The van der Waals surface area contributed by atoms with Crippen molar-refractivity contribution in [1.82, 2.24) is 15.1 Å². The van der Waals surface area contributed by atoms with E-state index in [1.165, 1.54) is 52.1 Å². The Bertz CT molecular complexity index is 197. The van der Waals surface area contributed by atoms with Crippen molar-refractivity contribution < 1.29 is 1.43 Å². The third kappa shape index (κ3) is 14.6. The molecule has 0 aromatic carbocycles. The van der Waals surface area contributed by atoms with Crippen LogP contribution in [0.4, 0.5) is 0 Å². The van der Waals surface area contributed by atoms with Gasteiger partial charge in [0.05, 0.1) is 0 Å². The van der Waals surface area contributed by atoms with Crippen LogP contribution in [0.25, 0.3) is 0 Å². The highest BCUT2D eigenvalue weighted by Crippen LogP contribution is 2.03. The molecule has 1 saturated heterocycles. The van der Waals surface area contributed by atoms with Gasteiger partial charge in [-0.05, 0) is 53.2 Å². The molecule has 1 N–H and O–H groups in total. The lowest BCUT2D eigenvalue weighted by atomic mass is 10.1. The summed E-state index contributed by atoms with van der Waals surface area (Å²) in [7, 11) is 0. The first-order valence-corrected chi connectivity index (χ1v) is 9.21. The molecule has 0 amide bonds. The van der Waals surface area contributed by atoms with Gasteiger partial charge in [-0.2, -0.15) is 0 Å². The molecule has 1 aliphatic heterocycles. The Morgan fingerprint density at radius 3 is 1.67 bits per heavy atom. The maximum Gasteiger partial charge on any atom is 0.0110 e. The smallest absolute Gasteiger partial charge is 0.0110 e. The summed E-state index contributed by atoms with van der Waals surface area (Å²) in [6.07, 6.45) is 2.56. The van der Waals surface area contributed by atoms with Crippen LogP contribution in [-0.2, 0) is 0 Å². The Balaban J connectivity index is -0.000000665. The number of hydrogen-bond acceptors (Lipinski definition) is 3. The molecule has 0 unspecified atom stereocenters. The van der Waals surface area contributed by atoms with Crippen molar-refractivity contribution in [1.29, 1.82) is 0 Å². The van der Waals surface area contributed by atoms with Crippen molar-refractivity contribution in [3.05, 3.63) is 0 Å². The maximum atomic E-state index is 3.55. The van der Waals surface area contributed by atoms with Crippen LogP contribution in [0, 0.1) is 0 Å². The molecule has 3 heteroatoms. The van der Waals surface area contributed by atoms with Gasteiger partial charge in [0.25, 0.3) is 0 Å². The molecule has 21 heavy (non-hydrogen) atoms. The summed E-state index contributed by atoms with van der Waals surface area (Å²) in [5.41, 5.74) is 0.264. The minimum Gasteiger partial charge on any atom is -0.312 e. The van der Waals surface area contributed by atoms with E-state index in [1.54, 1.807) is 0 Å². The van der Waals surface area contributed by atoms with Crippen molar-refractivity contribution in [2.24, 2.45) is 0 Å². The predicted molar refractivity (Wildman–Crippen MR) is 100 cm³/mol. The van der Waals surface area contributed by atoms with Gasteiger partial charge in [0, 0.05) is 33.1 Å². The molecule has 0 atom stereocenters. The van der Waals surface area contributed by atoms with Gasteiger partial charge in [-0.15, -0.1) is 0 Å². The number of nitrogens with one attached hydrogen (secondary N) is 1. The lowest BCUT2D eigenvalue weighted by molar-refractivity contribution is 0.131. The van der Waals surface area contributed by atoms with Crippen LogP contribution in [0.1, 0.15) is 69.7 Å². The van der Waals surface area contributed by atoms with Crippen molar-refractivity contribution in [3.63, 3.8) is 0 Å². The highest BCUT2D eigenvalue weighted by atomic mass is 15.3. The molecule has 0 radical (unpaired) electrons. The highest BCUT2D eigenvalue weighted by Gasteiger charge is 2.15. The van der Waals surface area contributed by atoms with E-state index >= 15 is 0 Å². The molecular weight excluding hydrogens is 258 g/mol. The number of rotatable bonds is 6. The normalized spacial score (nSPS) is 16.6. The van der Waals surface area contributed by atoms with E-state index < -0.39 is 0 Å². The molecule has 1 rings (SSSR count). The minimum atomic E-state index is 0. The molecule has 1 fully saturated rings. The predicted octanol–water partition coefficient (Wildman–Crippen LogP) is 4.09. The van der Waals surface area contributed by atoms with Gasteiger partial charge in [-0.3, -0.25) is 0 Å². The Morgan fingerprint density at radius 1 is 0.857 bits per heavy atom. The van der Waals surface area contributed by atoms with Gasteiger partial charge in [-0.1, -0.05) is 34.6 Å². The molecule has 1 heterocycles. The molecule has 0 aromatic heterocycles. The third-order valence-corrected chi connectivity index (χ3v) is 3.31. The first-order valence-electron chi connectivity index (χ1n) is 9.21. The van der Waals surface area contributed by atoms with Crippen LogP contribution in [0.5, 0.6) is 0 Å². The average Bonchev–Trinajstić information content (AvgIpc) is 2.49. The summed E-state index contributed by atoms with van der Waals surface area (Å²) in [6, 6.07) is 0. The second-order valence-electron chi connectivity index (χ2n) is 6.21. The third-order valence-electron chi connectivity index (χ3n) is 3.31. The molecule has 0 bridgehead atoms. The summed E-state index contributed by atoms with van der Waals surface area (Å²) in [6.45, 7) is 25.7. The zero-order chi connectivity index (χ0) is 16.7. The minimum absolute atomic E-state index is 0. The molecule has 0 spiro atoms. The van der Waals surface area contributed by atoms with Crippen molar-refractivity contribution in [3.8, 4) is 0 Å². The Morgan fingerprint density at radius 2 is 1.29 bits per heavy atom. The Kier molecular flexibility index (Phi) is 16.3. The van der Waals surface area contributed by atoms with Gasteiger partial charge in [0.2, 0.25) is 0 Å². The van der Waals surface area contributed by atoms with Gasteiger partial charge < -0.3 is 15.1 Å². The van der Waals surface area contributed by atoms with Gasteiger partial charge in [0.1, 0.15) is 0 Å². The SMILES string of the molecule is CC.CC.CCCN1CCN(CCCNC(C)(C)C)CC1.[HH]. The van der Waals surface area contributed by atoms with Gasteiger partial charge in [-0.25, -0.2) is 0 Å². The van der Waals surface area contributed by atoms with E-state index in [1.807, 2.05) is 27.7 Å². The van der Waals surface area contributed by atoms with E-state index in [2.05, 4.69) is 42.8 Å². The fourth-order valence-electron chi connectivity index (χ4n) is 2.32. The largest absolute Gasteiger partial charge is 0.312 e. The molecule has 132 valence electrons. The quantitative estimate of drug-likeness (QED) is 0.746. The van der Waals surface area contributed by atoms with Gasteiger partial charge >= 0.3 is 0 Å². The Labute approximate surface area is 137 Å². The maximum absolute atomic E-state index is 3.55. The lowest BCUT2D eigenvalue weighted by Gasteiger charge is -2.34.